The molecule has 4 aliphatic rings. The molecule has 0 bridgehead atoms. The van der Waals surface area contributed by atoms with Crippen molar-refractivity contribution in [3.8, 4) is 0 Å². The summed E-state index contributed by atoms with van der Waals surface area (Å²) in [5.41, 5.74) is 23.2. The number of aryl methyl sites for hydroxylation is 2. The maximum absolute atomic E-state index is 7.05. The Kier molecular flexibility index (Phi) is 8.91. The molecule has 1 saturated carbocycles. The van der Waals surface area contributed by atoms with Crippen molar-refractivity contribution in [3.05, 3.63) is 173 Å². The summed E-state index contributed by atoms with van der Waals surface area (Å²) in [5, 5.41) is 4.49. The fourth-order valence-electron chi connectivity index (χ4n) is 14.2. The van der Waals surface area contributed by atoms with Gasteiger partial charge in [-0.3, -0.25) is 0 Å². The predicted octanol–water partition coefficient (Wildman–Crippen LogP) is 16.5. The number of rotatable bonds is 3. The molecule has 1 aliphatic carbocycles. The molecule has 5 heterocycles. The van der Waals surface area contributed by atoms with Gasteiger partial charge in [-0.2, -0.15) is 0 Å². The first-order chi connectivity index (χ1) is 34.5. The molecule has 2 atom stereocenters. The molecule has 0 amide bonds. The summed E-state index contributed by atoms with van der Waals surface area (Å²) in [5.74, 6) is 0. The highest BCUT2D eigenvalue weighted by Crippen LogP contribution is 2.63. The Labute approximate surface area is 424 Å². The van der Waals surface area contributed by atoms with Crippen molar-refractivity contribution in [2.45, 2.75) is 117 Å². The third-order valence-corrected chi connectivity index (χ3v) is 17.8. The molecule has 0 N–H and O–H groups in total. The van der Waals surface area contributed by atoms with Crippen LogP contribution in [0.3, 0.4) is 0 Å². The standard InChI is InChI=1S/C66H62BN3O2/c1-39-33-40(2)59-54(34-39)70(66(10)32-16-15-31-65(59,66)9)43-37-55-60-56(38-43)69(53-24-18-22-47-45-20-12-14-26-58(45)72-62(47)53)51-30-28-42(64(6,7)8)36-49(51)67(60)48-35-41(63(3,4)5)27-29-50(48)68(55)52-23-17-21-46-44-19-11-13-25-57(44)71-61(46)52/h11-14,17-30,33-38H,15-16,31-32H2,1-10H3. The van der Waals surface area contributed by atoms with Crippen LogP contribution in [-0.2, 0) is 16.2 Å². The Morgan fingerprint density at radius 3 is 1.51 bits per heavy atom. The van der Waals surface area contributed by atoms with Crippen molar-refractivity contribution in [1.82, 2.24) is 0 Å². The van der Waals surface area contributed by atoms with Gasteiger partial charge in [-0.05, 0) is 143 Å². The minimum Gasteiger partial charge on any atom is -0.454 e. The lowest BCUT2D eigenvalue weighted by Crippen LogP contribution is -2.62. The largest absolute Gasteiger partial charge is 0.454 e. The maximum Gasteiger partial charge on any atom is 0.252 e. The lowest BCUT2D eigenvalue weighted by atomic mass is 9.33. The van der Waals surface area contributed by atoms with Gasteiger partial charge in [0, 0.05) is 61.1 Å². The SMILES string of the molecule is Cc1cc(C)c2c(c1)N(c1cc3c4c(c1)N(c1cccc5c1oc1ccccc15)c1ccc(C(C)(C)C)cc1B4c1cc(C(C)(C)C)ccc1N3c1cccc3c1oc1ccccc13)C1(C)CCCCC21C. The van der Waals surface area contributed by atoms with Crippen molar-refractivity contribution in [3.63, 3.8) is 0 Å². The normalized spacial score (nSPS) is 19.3. The lowest BCUT2D eigenvalue weighted by Gasteiger charge is -2.51. The molecule has 3 aliphatic heterocycles. The van der Waals surface area contributed by atoms with Crippen molar-refractivity contribution >= 4 is 112 Å². The van der Waals surface area contributed by atoms with Crippen molar-refractivity contribution in [2.24, 2.45) is 0 Å². The van der Waals surface area contributed by atoms with Gasteiger partial charge in [0.05, 0.1) is 16.9 Å². The van der Waals surface area contributed by atoms with Crippen LogP contribution < -0.4 is 31.1 Å². The van der Waals surface area contributed by atoms with E-state index in [1.807, 2.05) is 0 Å². The van der Waals surface area contributed by atoms with Gasteiger partial charge >= 0.3 is 0 Å². The predicted molar refractivity (Wildman–Crippen MR) is 305 cm³/mol. The van der Waals surface area contributed by atoms with Gasteiger partial charge in [-0.25, -0.2) is 0 Å². The average molecular weight is 940 g/mol. The summed E-state index contributed by atoms with van der Waals surface area (Å²) in [6.07, 6.45) is 4.69. The number of furan rings is 2. The smallest absolute Gasteiger partial charge is 0.252 e. The first kappa shape index (κ1) is 43.6. The van der Waals surface area contributed by atoms with E-state index in [2.05, 4.69) is 230 Å². The average Bonchev–Trinajstić information content (AvgIpc) is 3.99. The van der Waals surface area contributed by atoms with E-state index >= 15 is 0 Å². The summed E-state index contributed by atoms with van der Waals surface area (Å²) in [4.78, 5) is 7.94. The second kappa shape index (κ2) is 14.7. The fourth-order valence-corrected chi connectivity index (χ4v) is 14.2. The Bertz CT molecular complexity index is 3750. The Hall–Kier alpha value is -7.18. The summed E-state index contributed by atoms with van der Waals surface area (Å²) in [7, 11) is 0. The molecule has 0 radical (unpaired) electrons. The monoisotopic (exact) mass is 939 g/mol. The van der Waals surface area contributed by atoms with E-state index in [1.54, 1.807) is 0 Å². The molecule has 356 valence electrons. The summed E-state index contributed by atoms with van der Waals surface area (Å²) >= 11 is 0. The van der Waals surface area contributed by atoms with E-state index in [4.69, 9.17) is 8.83 Å². The van der Waals surface area contributed by atoms with E-state index < -0.39 is 0 Å². The Morgan fingerprint density at radius 2 is 0.986 bits per heavy atom. The molecule has 5 nitrogen and oxygen atoms in total. The van der Waals surface area contributed by atoms with E-state index in [0.717, 1.165) is 68.1 Å². The number of para-hydroxylation sites is 4. The zero-order chi connectivity index (χ0) is 49.4. The van der Waals surface area contributed by atoms with Crippen molar-refractivity contribution < 1.29 is 8.83 Å². The van der Waals surface area contributed by atoms with Gasteiger partial charge in [-0.15, -0.1) is 0 Å². The van der Waals surface area contributed by atoms with E-state index in [1.165, 1.54) is 91.2 Å². The summed E-state index contributed by atoms with van der Waals surface area (Å²) < 4.78 is 14.1. The van der Waals surface area contributed by atoms with E-state index in [0.29, 0.717) is 0 Å². The summed E-state index contributed by atoms with van der Waals surface area (Å²) in [6.45, 7) is 23.7. The minimum absolute atomic E-state index is 0.0426. The van der Waals surface area contributed by atoms with Crippen LogP contribution in [0.4, 0.5) is 45.5 Å². The molecular weight excluding hydrogens is 878 g/mol. The van der Waals surface area contributed by atoms with Gasteiger partial charge in [-0.1, -0.05) is 152 Å². The first-order valence-electron chi connectivity index (χ1n) is 26.3. The lowest BCUT2D eigenvalue weighted by molar-refractivity contribution is 0.194. The number of nitrogens with zero attached hydrogens (tertiary/aromatic N) is 3. The zero-order valence-corrected chi connectivity index (χ0v) is 43.4. The van der Waals surface area contributed by atoms with Crippen LogP contribution in [0.15, 0.2) is 154 Å². The number of hydrogen-bond acceptors (Lipinski definition) is 5. The highest BCUT2D eigenvalue weighted by Gasteiger charge is 2.59. The minimum atomic E-state index is -0.179. The second-order valence-electron chi connectivity index (χ2n) is 24.2. The van der Waals surface area contributed by atoms with Gasteiger partial charge in [0.25, 0.3) is 6.71 Å². The number of hydrogen-bond donors (Lipinski definition) is 0. The van der Waals surface area contributed by atoms with Gasteiger partial charge in [0.15, 0.2) is 11.2 Å². The van der Waals surface area contributed by atoms with Crippen LogP contribution >= 0.6 is 0 Å². The fraction of sp³-hybridized carbons (Fsp3) is 0.273. The highest BCUT2D eigenvalue weighted by molar-refractivity contribution is 7.00. The van der Waals surface area contributed by atoms with Crippen molar-refractivity contribution in [2.75, 3.05) is 14.7 Å². The molecular formula is C66H62BN3O2. The molecule has 2 aromatic heterocycles. The van der Waals surface area contributed by atoms with Crippen LogP contribution in [-0.4, -0.2) is 12.3 Å². The third-order valence-electron chi connectivity index (χ3n) is 17.8. The van der Waals surface area contributed by atoms with Crippen LogP contribution in [0.25, 0.3) is 43.9 Å². The van der Waals surface area contributed by atoms with Crippen LogP contribution in [0.5, 0.6) is 0 Å². The molecule has 0 spiro atoms. The van der Waals surface area contributed by atoms with E-state index in [-0.39, 0.29) is 28.5 Å². The molecule has 8 aromatic carbocycles. The first-order valence-corrected chi connectivity index (χ1v) is 26.3. The molecule has 10 aromatic rings. The topological polar surface area (TPSA) is 36.0 Å². The molecule has 6 heteroatoms. The molecule has 72 heavy (non-hydrogen) atoms. The Balaban J connectivity index is 1.16. The number of fused-ring (bicyclic) bond motifs is 13. The number of anilines is 8. The summed E-state index contributed by atoms with van der Waals surface area (Å²) in [6, 6.07) is 55.2. The van der Waals surface area contributed by atoms with Crippen LogP contribution in [0.2, 0.25) is 0 Å². The third kappa shape index (κ3) is 5.84. The van der Waals surface area contributed by atoms with Gasteiger partial charge < -0.3 is 23.5 Å². The highest BCUT2D eigenvalue weighted by atomic mass is 16.3. The van der Waals surface area contributed by atoms with Crippen LogP contribution in [0, 0.1) is 13.8 Å². The quantitative estimate of drug-likeness (QED) is 0.165. The molecule has 2 unspecified atom stereocenters. The van der Waals surface area contributed by atoms with E-state index in [9.17, 15) is 0 Å². The second-order valence-corrected chi connectivity index (χ2v) is 24.2. The van der Waals surface area contributed by atoms with Crippen molar-refractivity contribution in [1.29, 1.82) is 0 Å². The zero-order valence-electron chi connectivity index (χ0n) is 43.4. The van der Waals surface area contributed by atoms with Gasteiger partial charge in [0.2, 0.25) is 0 Å². The van der Waals surface area contributed by atoms with Crippen LogP contribution in [0.1, 0.15) is 109 Å². The maximum atomic E-state index is 7.05. The Morgan fingerprint density at radius 1 is 0.486 bits per heavy atom. The molecule has 14 rings (SSSR count). The molecule has 1 fully saturated rings. The molecule has 0 saturated heterocycles. The number of benzene rings is 8. The van der Waals surface area contributed by atoms with Gasteiger partial charge in [0.1, 0.15) is 11.2 Å².